The first-order valence-corrected chi connectivity index (χ1v) is 14.7. The lowest BCUT2D eigenvalue weighted by molar-refractivity contribution is -0.132. The van der Waals surface area contributed by atoms with Gasteiger partial charge in [-0.15, -0.1) is 0 Å². The largest absolute Gasteiger partial charge is 0.478 e. The molecule has 2 aromatic heterocycles. The second-order valence-electron chi connectivity index (χ2n) is 11.8. The van der Waals surface area contributed by atoms with Crippen LogP contribution in [-0.2, 0) is 23.1 Å². The molecule has 1 amide bonds. The van der Waals surface area contributed by atoms with Crippen LogP contribution in [0.5, 0.6) is 0 Å². The molecule has 0 radical (unpaired) electrons. The van der Waals surface area contributed by atoms with E-state index in [1.165, 1.54) is 17.7 Å². The summed E-state index contributed by atoms with van der Waals surface area (Å²) in [6, 6.07) is 16.8. The van der Waals surface area contributed by atoms with E-state index in [0.29, 0.717) is 48.4 Å². The minimum absolute atomic E-state index is 0.0537. The third-order valence-electron chi connectivity index (χ3n) is 8.87. The minimum Gasteiger partial charge on any atom is -0.478 e. The van der Waals surface area contributed by atoms with Crippen molar-refractivity contribution in [3.63, 3.8) is 0 Å². The number of nitrogens with one attached hydrogen (secondary N) is 1. The van der Waals surface area contributed by atoms with Crippen LogP contribution in [0.1, 0.15) is 78.4 Å². The SMILES string of the molecule is C[C@@H]1c2ccccc2CCN1C(=O)c1cc(C2(C)CC2)n2nc(-c3ccc(CCC/C=C(\C=N)C(=O)O)cc3F)cc2n1. The molecule has 0 saturated heterocycles. The lowest BCUT2D eigenvalue weighted by atomic mass is 9.93. The standard InChI is InChI=1S/C34H34FN5O3/c1-21-25-10-6-5-8-23(25)13-16-39(21)32(41)29-18-30(34(2)14-15-34)40-31(37-29)19-28(38-40)26-12-11-22(17-27(26)35)7-3-4-9-24(20-36)33(42)43/h5-6,8-12,17-21,36H,3-4,7,13-16H2,1-2H3,(H,42,43)/b24-9+,36-20?/t21-/m1/s1. The second-order valence-corrected chi connectivity index (χ2v) is 11.8. The van der Waals surface area contributed by atoms with E-state index >= 15 is 4.39 Å². The number of aryl methyl sites for hydroxylation is 1. The maximum absolute atomic E-state index is 15.4. The number of hydrogen-bond acceptors (Lipinski definition) is 5. The van der Waals surface area contributed by atoms with Gasteiger partial charge in [-0.2, -0.15) is 5.10 Å². The van der Waals surface area contributed by atoms with Gasteiger partial charge in [0, 0.05) is 29.8 Å². The molecule has 0 bridgehead atoms. The Labute approximate surface area is 249 Å². The summed E-state index contributed by atoms with van der Waals surface area (Å²) in [6.07, 6.45) is 6.76. The maximum Gasteiger partial charge on any atom is 0.336 e. The summed E-state index contributed by atoms with van der Waals surface area (Å²) >= 11 is 0. The first kappa shape index (κ1) is 28.5. The van der Waals surface area contributed by atoms with Gasteiger partial charge in [-0.05, 0) is 80.3 Å². The van der Waals surface area contributed by atoms with Crippen LogP contribution in [0, 0.1) is 11.2 Å². The van der Waals surface area contributed by atoms with Crippen LogP contribution >= 0.6 is 0 Å². The number of amides is 1. The number of rotatable bonds is 9. The van der Waals surface area contributed by atoms with Gasteiger partial charge in [0.15, 0.2) is 5.65 Å². The van der Waals surface area contributed by atoms with E-state index in [9.17, 15) is 9.59 Å². The Hall–Kier alpha value is -4.66. The van der Waals surface area contributed by atoms with Crippen molar-refractivity contribution in [1.82, 2.24) is 19.5 Å². The van der Waals surface area contributed by atoms with Gasteiger partial charge in [0.2, 0.25) is 0 Å². The Bertz CT molecular complexity index is 1790. The van der Waals surface area contributed by atoms with Crippen LogP contribution in [-0.4, -0.2) is 49.2 Å². The summed E-state index contributed by atoms with van der Waals surface area (Å²) in [4.78, 5) is 31.5. The van der Waals surface area contributed by atoms with E-state index in [4.69, 9.17) is 20.6 Å². The molecule has 1 aliphatic heterocycles. The number of fused-ring (bicyclic) bond motifs is 2. The molecule has 1 aliphatic carbocycles. The topological polar surface area (TPSA) is 112 Å². The molecule has 1 atom stereocenters. The normalized spacial score (nSPS) is 17.5. The van der Waals surface area contributed by atoms with Gasteiger partial charge < -0.3 is 15.4 Å². The molecule has 1 fully saturated rings. The average Bonchev–Trinajstić information content (AvgIpc) is 3.60. The number of hydrogen-bond donors (Lipinski definition) is 2. The fourth-order valence-corrected chi connectivity index (χ4v) is 5.98. The van der Waals surface area contributed by atoms with Gasteiger partial charge in [0.1, 0.15) is 11.5 Å². The number of carboxylic acid groups (broad SMARTS) is 1. The molecule has 9 heteroatoms. The number of nitrogens with zero attached hydrogens (tertiary/aromatic N) is 4. The smallest absolute Gasteiger partial charge is 0.336 e. The van der Waals surface area contributed by atoms with E-state index in [1.807, 2.05) is 29.2 Å². The first-order chi connectivity index (χ1) is 20.7. The first-order valence-electron chi connectivity index (χ1n) is 14.7. The van der Waals surface area contributed by atoms with E-state index in [2.05, 4.69) is 26.0 Å². The number of aromatic nitrogens is 3. The summed E-state index contributed by atoms with van der Waals surface area (Å²) in [5.41, 5.74) is 5.67. The number of unbranched alkanes of at least 4 members (excludes halogenated alkanes) is 1. The Balaban J connectivity index is 1.27. The molecule has 0 spiro atoms. The van der Waals surface area contributed by atoms with E-state index < -0.39 is 11.8 Å². The van der Waals surface area contributed by atoms with Crippen molar-refractivity contribution >= 4 is 23.7 Å². The van der Waals surface area contributed by atoms with Crippen molar-refractivity contribution in [2.45, 2.75) is 63.8 Å². The van der Waals surface area contributed by atoms with Gasteiger partial charge in [0.05, 0.1) is 23.0 Å². The van der Waals surface area contributed by atoms with E-state index in [1.54, 1.807) is 16.6 Å². The Morgan fingerprint density at radius 3 is 2.67 bits per heavy atom. The fourth-order valence-electron chi connectivity index (χ4n) is 5.98. The van der Waals surface area contributed by atoms with Crippen molar-refractivity contribution in [2.24, 2.45) is 0 Å². The average molecular weight is 580 g/mol. The Morgan fingerprint density at radius 1 is 1.16 bits per heavy atom. The quantitative estimate of drug-likeness (QED) is 0.137. The third-order valence-corrected chi connectivity index (χ3v) is 8.87. The maximum atomic E-state index is 15.4. The molecule has 1 saturated carbocycles. The number of aliphatic carboxylic acids is 1. The van der Waals surface area contributed by atoms with Crippen molar-refractivity contribution in [3.05, 3.63) is 100 Å². The van der Waals surface area contributed by atoms with Crippen LogP contribution in [0.2, 0.25) is 0 Å². The summed E-state index contributed by atoms with van der Waals surface area (Å²) in [7, 11) is 0. The minimum atomic E-state index is -1.13. The highest BCUT2D eigenvalue weighted by atomic mass is 19.1. The molecule has 0 unspecified atom stereocenters. The van der Waals surface area contributed by atoms with Crippen molar-refractivity contribution in [3.8, 4) is 11.3 Å². The second kappa shape index (κ2) is 11.2. The van der Waals surface area contributed by atoms with Gasteiger partial charge in [0.25, 0.3) is 5.91 Å². The molecule has 2 aliphatic rings. The zero-order valence-corrected chi connectivity index (χ0v) is 24.3. The number of carboxylic acids is 1. The molecular formula is C34H34FN5O3. The Morgan fingerprint density at radius 2 is 1.95 bits per heavy atom. The Kier molecular flexibility index (Phi) is 7.42. The molecule has 8 nitrogen and oxygen atoms in total. The number of halogens is 1. The monoisotopic (exact) mass is 579 g/mol. The molecule has 2 N–H and O–H groups in total. The number of allylic oxidation sites excluding steroid dienone is 1. The van der Waals surface area contributed by atoms with E-state index in [-0.39, 0.29) is 22.9 Å². The molecule has 6 rings (SSSR count). The zero-order chi connectivity index (χ0) is 30.3. The lowest BCUT2D eigenvalue weighted by Gasteiger charge is -2.35. The molecule has 3 heterocycles. The molecule has 220 valence electrons. The predicted octanol–water partition coefficient (Wildman–Crippen LogP) is 6.33. The van der Waals surface area contributed by atoms with Crippen LogP contribution in [0.25, 0.3) is 16.9 Å². The fraction of sp³-hybridized carbons (Fsp3) is 0.324. The highest BCUT2D eigenvalue weighted by molar-refractivity contribution is 6.07. The number of carbonyl (C=O) groups excluding carboxylic acids is 1. The van der Waals surface area contributed by atoms with Gasteiger partial charge >= 0.3 is 5.97 Å². The summed E-state index contributed by atoms with van der Waals surface area (Å²) in [6.45, 7) is 4.84. The number of carbonyl (C=O) groups is 2. The van der Waals surface area contributed by atoms with Gasteiger partial charge in [-0.25, -0.2) is 18.7 Å². The lowest BCUT2D eigenvalue weighted by Crippen LogP contribution is -2.39. The highest BCUT2D eigenvalue weighted by Gasteiger charge is 2.42. The van der Waals surface area contributed by atoms with Gasteiger partial charge in [-0.3, -0.25) is 4.79 Å². The highest BCUT2D eigenvalue weighted by Crippen LogP contribution is 2.48. The van der Waals surface area contributed by atoms with Crippen LogP contribution in [0.3, 0.4) is 0 Å². The molecular weight excluding hydrogens is 545 g/mol. The van der Waals surface area contributed by atoms with Crippen molar-refractivity contribution in [2.75, 3.05) is 6.54 Å². The van der Waals surface area contributed by atoms with Crippen molar-refractivity contribution in [1.29, 1.82) is 5.41 Å². The van der Waals surface area contributed by atoms with Crippen LogP contribution in [0.4, 0.5) is 4.39 Å². The van der Waals surface area contributed by atoms with Crippen LogP contribution < -0.4 is 0 Å². The molecule has 4 aromatic rings. The zero-order valence-electron chi connectivity index (χ0n) is 24.3. The molecule has 2 aromatic carbocycles. The van der Waals surface area contributed by atoms with Crippen molar-refractivity contribution < 1.29 is 19.1 Å². The molecule has 43 heavy (non-hydrogen) atoms. The predicted molar refractivity (Wildman–Crippen MR) is 162 cm³/mol. The third kappa shape index (κ3) is 5.47. The number of benzene rings is 2. The summed E-state index contributed by atoms with van der Waals surface area (Å²) in [5, 5.41) is 21.0. The summed E-state index contributed by atoms with van der Waals surface area (Å²) < 4.78 is 17.1. The summed E-state index contributed by atoms with van der Waals surface area (Å²) in [5.74, 6) is -1.65. The van der Waals surface area contributed by atoms with E-state index in [0.717, 1.165) is 42.3 Å². The van der Waals surface area contributed by atoms with Gasteiger partial charge in [-0.1, -0.05) is 43.3 Å². The van der Waals surface area contributed by atoms with Crippen LogP contribution in [0.15, 0.2) is 66.2 Å².